The van der Waals surface area contributed by atoms with Crippen molar-refractivity contribution in [3.05, 3.63) is 41.7 Å². The van der Waals surface area contributed by atoms with Crippen LogP contribution >= 0.6 is 11.8 Å². The fourth-order valence-electron chi connectivity index (χ4n) is 2.29. The fourth-order valence-corrected chi connectivity index (χ4v) is 3.06. The lowest BCUT2D eigenvalue weighted by Gasteiger charge is -2.11. The number of thioether (sulfide) groups is 1. The maximum atomic E-state index is 11.9. The number of hydrogen-bond acceptors (Lipinski definition) is 4. The predicted molar refractivity (Wildman–Crippen MR) is 100 cm³/mol. The molecule has 0 aliphatic carbocycles. The number of amides is 3. The third-order valence-electron chi connectivity index (χ3n) is 3.47. The van der Waals surface area contributed by atoms with Gasteiger partial charge in [0.2, 0.25) is 5.91 Å². The standard InChI is InChI=1S/C18H24N4O2S/c1-12(2)10-20-17(24)21-16(23)11-25-18-19-7-8-22(18)15-6-5-13(3)9-14(15)4/h5-9,12H,10-11H2,1-4H3,(H2,20,21,23,24). The van der Waals surface area contributed by atoms with Gasteiger partial charge in [-0.05, 0) is 31.4 Å². The van der Waals surface area contributed by atoms with Gasteiger partial charge < -0.3 is 5.32 Å². The van der Waals surface area contributed by atoms with Gasteiger partial charge in [0.25, 0.3) is 0 Å². The van der Waals surface area contributed by atoms with Crippen LogP contribution in [-0.4, -0.2) is 33.8 Å². The third-order valence-corrected chi connectivity index (χ3v) is 4.44. The number of carbonyl (C=O) groups is 2. The molecule has 2 N–H and O–H groups in total. The summed E-state index contributed by atoms with van der Waals surface area (Å²) in [4.78, 5) is 27.8. The molecule has 0 atom stereocenters. The molecule has 7 heteroatoms. The zero-order chi connectivity index (χ0) is 18.4. The topological polar surface area (TPSA) is 76.0 Å². The van der Waals surface area contributed by atoms with Gasteiger partial charge in [0.05, 0.1) is 11.4 Å². The Hall–Kier alpha value is -2.28. The quantitative estimate of drug-likeness (QED) is 0.776. The van der Waals surface area contributed by atoms with E-state index in [4.69, 9.17) is 0 Å². The summed E-state index contributed by atoms with van der Waals surface area (Å²) in [5.74, 6) is 0.110. The average molecular weight is 360 g/mol. The van der Waals surface area contributed by atoms with Crippen molar-refractivity contribution in [1.29, 1.82) is 0 Å². The van der Waals surface area contributed by atoms with E-state index >= 15 is 0 Å². The number of rotatable bonds is 6. The van der Waals surface area contributed by atoms with Gasteiger partial charge in [-0.1, -0.05) is 43.3 Å². The molecule has 1 aromatic carbocycles. The van der Waals surface area contributed by atoms with Crippen molar-refractivity contribution in [1.82, 2.24) is 20.2 Å². The molecule has 2 rings (SSSR count). The Bertz CT molecular complexity index is 755. The zero-order valence-corrected chi connectivity index (χ0v) is 15.8. The third kappa shape index (κ3) is 5.63. The molecule has 3 amide bonds. The number of imide groups is 1. The number of hydrogen-bond donors (Lipinski definition) is 2. The summed E-state index contributed by atoms with van der Waals surface area (Å²) in [6.07, 6.45) is 3.57. The molecule has 0 aliphatic heterocycles. The molecule has 0 bridgehead atoms. The van der Waals surface area contributed by atoms with Gasteiger partial charge in [0, 0.05) is 18.9 Å². The van der Waals surface area contributed by atoms with Gasteiger partial charge in [-0.25, -0.2) is 9.78 Å². The van der Waals surface area contributed by atoms with E-state index in [-0.39, 0.29) is 11.7 Å². The van der Waals surface area contributed by atoms with E-state index in [0.29, 0.717) is 17.6 Å². The number of nitrogens with zero attached hydrogens (tertiary/aromatic N) is 2. The van der Waals surface area contributed by atoms with Gasteiger partial charge in [-0.2, -0.15) is 0 Å². The minimum absolute atomic E-state index is 0.122. The van der Waals surface area contributed by atoms with Crippen LogP contribution in [0.1, 0.15) is 25.0 Å². The maximum absolute atomic E-state index is 11.9. The summed E-state index contributed by atoms with van der Waals surface area (Å²) in [6.45, 7) is 8.61. The first-order valence-corrected chi connectivity index (χ1v) is 9.17. The zero-order valence-electron chi connectivity index (χ0n) is 15.0. The lowest BCUT2D eigenvalue weighted by atomic mass is 10.1. The first kappa shape index (κ1) is 19.1. The van der Waals surface area contributed by atoms with Crippen molar-refractivity contribution in [2.75, 3.05) is 12.3 Å². The van der Waals surface area contributed by atoms with Crippen molar-refractivity contribution in [3.63, 3.8) is 0 Å². The van der Waals surface area contributed by atoms with Gasteiger partial charge in [0.15, 0.2) is 5.16 Å². The van der Waals surface area contributed by atoms with Crippen LogP contribution in [-0.2, 0) is 4.79 Å². The van der Waals surface area contributed by atoms with E-state index in [1.54, 1.807) is 6.20 Å². The average Bonchev–Trinajstić information content (AvgIpc) is 2.99. The van der Waals surface area contributed by atoms with Crippen LogP contribution in [0.25, 0.3) is 5.69 Å². The van der Waals surface area contributed by atoms with Crippen molar-refractivity contribution in [2.45, 2.75) is 32.9 Å². The highest BCUT2D eigenvalue weighted by Crippen LogP contribution is 2.23. The molecule has 0 spiro atoms. The molecule has 6 nitrogen and oxygen atoms in total. The molecule has 0 radical (unpaired) electrons. The highest BCUT2D eigenvalue weighted by atomic mass is 32.2. The Kier molecular flexibility index (Phi) is 6.64. The van der Waals surface area contributed by atoms with Crippen molar-refractivity contribution in [2.24, 2.45) is 5.92 Å². The van der Waals surface area contributed by atoms with Crippen LogP contribution in [0.4, 0.5) is 4.79 Å². The van der Waals surface area contributed by atoms with Crippen LogP contribution < -0.4 is 10.6 Å². The molecule has 2 aromatic rings. The van der Waals surface area contributed by atoms with Gasteiger partial charge in [-0.3, -0.25) is 14.7 Å². The fraction of sp³-hybridized carbons (Fsp3) is 0.389. The molecular formula is C18H24N4O2S. The lowest BCUT2D eigenvalue weighted by molar-refractivity contribution is -0.117. The minimum atomic E-state index is -0.461. The van der Waals surface area contributed by atoms with E-state index in [2.05, 4.69) is 28.6 Å². The minimum Gasteiger partial charge on any atom is -0.338 e. The van der Waals surface area contributed by atoms with E-state index in [9.17, 15) is 9.59 Å². The summed E-state index contributed by atoms with van der Waals surface area (Å²) in [5.41, 5.74) is 3.36. The summed E-state index contributed by atoms with van der Waals surface area (Å²) < 4.78 is 1.95. The van der Waals surface area contributed by atoms with E-state index in [0.717, 1.165) is 11.3 Å². The Morgan fingerprint density at radius 3 is 2.72 bits per heavy atom. The second-order valence-corrected chi connectivity index (χ2v) is 7.25. The van der Waals surface area contributed by atoms with Crippen molar-refractivity contribution >= 4 is 23.7 Å². The highest BCUT2D eigenvalue weighted by Gasteiger charge is 2.12. The predicted octanol–water partition coefficient (Wildman–Crippen LogP) is 3.06. The number of aromatic nitrogens is 2. The van der Waals surface area contributed by atoms with Gasteiger partial charge >= 0.3 is 6.03 Å². The first-order valence-electron chi connectivity index (χ1n) is 8.18. The molecule has 0 saturated heterocycles. The van der Waals surface area contributed by atoms with Crippen LogP contribution in [0.3, 0.4) is 0 Å². The molecule has 134 valence electrons. The molecule has 0 saturated carbocycles. The Balaban J connectivity index is 1.95. The van der Waals surface area contributed by atoms with Crippen LogP contribution in [0, 0.1) is 19.8 Å². The van der Waals surface area contributed by atoms with Crippen molar-refractivity contribution < 1.29 is 9.59 Å². The maximum Gasteiger partial charge on any atom is 0.321 e. The number of aryl methyl sites for hydroxylation is 2. The summed E-state index contributed by atoms with van der Waals surface area (Å²) in [5, 5.41) is 5.70. The van der Waals surface area contributed by atoms with Gasteiger partial charge in [-0.15, -0.1) is 0 Å². The monoisotopic (exact) mass is 360 g/mol. The molecule has 0 aliphatic rings. The molecule has 1 aromatic heterocycles. The molecule has 1 heterocycles. The normalized spacial score (nSPS) is 10.8. The molecule has 0 unspecified atom stereocenters. The van der Waals surface area contributed by atoms with Crippen molar-refractivity contribution in [3.8, 4) is 5.69 Å². The number of urea groups is 1. The van der Waals surface area contributed by atoms with E-state index in [1.807, 2.05) is 43.7 Å². The Morgan fingerprint density at radius 2 is 2.04 bits per heavy atom. The van der Waals surface area contributed by atoms with Gasteiger partial charge in [0.1, 0.15) is 0 Å². The summed E-state index contributed by atoms with van der Waals surface area (Å²) in [6, 6.07) is 5.73. The Morgan fingerprint density at radius 1 is 1.28 bits per heavy atom. The SMILES string of the molecule is Cc1ccc(-n2ccnc2SCC(=O)NC(=O)NCC(C)C)c(C)c1. The number of nitrogens with one attached hydrogen (secondary N) is 2. The summed E-state index contributed by atoms with van der Waals surface area (Å²) in [7, 11) is 0. The lowest BCUT2D eigenvalue weighted by Crippen LogP contribution is -2.41. The number of imidazole rings is 1. The highest BCUT2D eigenvalue weighted by molar-refractivity contribution is 7.99. The molecular weight excluding hydrogens is 336 g/mol. The Labute approximate surface area is 152 Å². The smallest absolute Gasteiger partial charge is 0.321 e. The largest absolute Gasteiger partial charge is 0.338 e. The first-order chi connectivity index (χ1) is 11.9. The van der Waals surface area contributed by atoms with Crippen LogP contribution in [0.5, 0.6) is 0 Å². The van der Waals surface area contributed by atoms with E-state index in [1.165, 1.54) is 17.3 Å². The second-order valence-electron chi connectivity index (χ2n) is 6.31. The second kappa shape index (κ2) is 8.71. The number of carbonyl (C=O) groups excluding carboxylic acids is 2. The molecule has 25 heavy (non-hydrogen) atoms. The van der Waals surface area contributed by atoms with E-state index < -0.39 is 6.03 Å². The summed E-state index contributed by atoms with van der Waals surface area (Å²) >= 11 is 1.30. The molecule has 0 fully saturated rings. The van der Waals surface area contributed by atoms with Crippen LogP contribution in [0.15, 0.2) is 35.7 Å². The number of benzene rings is 1. The van der Waals surface area contributed by atoms with Crippen LogP contribution in [0.2, 0.25) is 0 Å².